The molecule has 0 fully saturated rings. The normalized spacial score (nSPS) is 10.3. The first-order chi connectivity index (χ1) is 7.16. The van der Waals surface area contributed by atoms with E-state index in [4.69, 9.17) is 5.73 Å². The molecular formula is C8H9BrN6. The molecule has 0 saturated carbocycles. The summed E-state index contributed by atoms with van der Waals surface area (Å²) >= 11 is 3.30. The van der Waals surface area contributed by atoms with Crippen molar-refractivity contribution in [3.8, 4) is 0 Å². The second-order valence-corrected chi connectivity index (χ2v) is 3.74. The van der Waals surface area contributed by atoms with Crippen LogP contribution < -0.4 is 11.1 Å². The van der Waals surface area contributed by atoms with Gasteiger partial charge in [0.2, 0.25) is 0 Å². The maximum Gasteiger partial charge on any atom is 0.150 e. The summed E-state index contributed by atoms with van der Waals surface area (Å²) < 4.78 is 2.34. The minimum atomic E-state index is 0.399. The van der Waals surface area contributed by atoms with Crippen molar-refractivity contribution in [3.63, 3.8) is 0 Å². The van der Waals surface area contributed by atoms with E-state index in [-0.39, 0.29) is 0 Å². The van der Waals surface area contributed by atoms with Crippen LogP contribution in [0.4, 0.5) is 17.3 Å². The molecule has 0 spiro atoms. The zero-order valence-electron chi connectivity index (χ0n) is 7.98. The Kier molecular flexibility index (Phi) is 2.55. The molecule has 0 aliphatic rings. The van der Waals surface area contributed by atoms with Gasteiger partial charge in [0.1, 0.15) is 22.4 Å². The maximum atomic E-state index is 5.62. The molecule has 0 atom stereocenters. The molecule has 0 aromatic carbocycles. The highest BCUT2D eigenvalue weighted by Gasteiger charge is 2.06. The Morgan fingerprint density at radius 3 is 2.93 bits per heavy atom. The van der Waals surface area contributed by atoms with Gasteiger partial charge in [0, 0.05) is 13.2 Å². The molecule has 0 aliphatic carbocycles. The van der Waals surface area contributed by atoms with Crippen LogP contribution in [0.15, 0.2) is 23.2 Å². The van der Waals surface area contributed by atoms with Gasteiger partial charge in [-0.1, -0.05) is 0 Å². The fourth-order valence-corrected chi connectivity index (χ4v) is 1.40. The average Bonchev–Trinajstić information content (AvgIpc) is 2.59. The third-order valence-corrected chi connectivity index (χ3v) is 2.57. The highest BCUT2D eigenvalue weighted by Crippen LogP contribution is 2.26. The highest BCUT2D eigenvalue weighted by atomic mass is 79.9. The Hall–Kier alpha value is -1.63. The summed E-state index contributed by atoms with van der Waals surface area (Å²) in [6.07, 6.45) is 4.94. The second-order valence-electron chi connectivity index (χ2n) is 2.95. The van der Waals surface area contributed by atoms with E-state index < -0.39 is 0 Å². The number of rotatable bonds is 2. The Balaban J connectivity index is 2.28. The van der Waals surface area contributed by atoms with E-state index in [2.05, 4.69) is 36.3 Å². The molecule has 2 aromatic heterocycles. The van der Waals surface area contributed by atoms with Gasteiger partial charge in [0.05, 0.1) is 11.9 Å². The van der Waals surface area contributed by atoms with Crippen molar-refractivity contribution >= 4 is 33.3 Å². The summed E-state index contributed by atoms with van der Waals surface area (Å²) in [5.41, 5.74) is 6.46. The van der Waals surface area contributed by atoms with Crippen LogP contribution in [0.2, 0.25) is 0 Å². The second kappa shape index (κ2) is 3.85. The van der Waals surface area contributed by atoms with E-state index in [1.165, 1.54) is 6.33 Å². The number of halogens is 1. The summed E-state index contributed by atoms with van der Waals surface area (Å²) in [6, 6.07) is 0. The maximum absolute atomic E-state index is 5.62. The standard InChI is InChI=1S/C8H9BrN6/c1-15-3-5(2-13-15)14-8-6(9)7(10)11-4-12-8/h2-4H,1H3,(H3,10,11,12,14). The quantitative estimate of drug-likeness (QED) is 0.858. The van der Waals surface area contributed by atoms with Gasteiger partial charge in [-0.15, -0.1) is 0 Å². The molecule has 0 unspecified atom stereocenters. The molecule has 3 N–H and O–H groups in total. The van der Waals surface area contributed by atoms with Crippen molar-refractivity contribution in [1.82, 2.24) is 19.7 Å². The van der Waals surface area contributed by atoms with Crippen LogP contribution in [0, 0.1) is 0 Å². The summed E-state index contributed by atoms with van der Waals surface area (Å²) in [7, 11) is 1.84. The van der Waals surface area contributed by atoms with Crippen LogP contribution in [0.3, 0.4) is 0 Å². The first kappa shape index (κ1) is 9.91. The van der Waals surface area contributed by atoms with Crippen LogP contribution in [0.1, 0.15) is 0 Å². The van der Waals surface area contributed by atoms with Crippen molar-refractivity contribution in [3.05, 3.63) is 23.2 Å². The molecule has 2 rings (SSSR count). The van der Waals surface area contributed by atoms with E-state index in [0.717, 1.165) is 5.69 Å². The number of nitrogens with zero attached hydrogens (tertiary/aromatic N) is 4. The number of aromatic nitrogens is 4. The average molecular weight is 269 g/mol. The summed E-state index contributed by atoms with van der Waals surface area (Å²) in [5.74, 6) is 1.02. The highest BCUT2D eigenvalue weighted by molar-refractivity contribution is 9.10. The number of nitrogens with one attached hydrogen (secondary N) is 1. The molecule has 0 saturated heterocycles. The van der Waals surface area contributed by atoms with Gasteiger partial charge < -0.3 is 11.1 Å². The van der Waals surface area contributed by atoms with Gasteiger partial charge >= 0.3 is 0 Å². The zero-order chi connectivity index (χ0) is 10.8. The Morgan fingerprint density at radius 2 is 2.27 bits per heavy atom. The third kappa shape index (κ3) is 2.07. The SMILES string of the molecule is Cn1cc(Nc2ncnc(N)c2Br)cn1. The van der Waals surface area contributed by atoms with Gasteiger partial charge in [0.15, 0.2) is 0 Å². The van der Waals surface area contributed by atoms with E-state index >= 15 is 0 Å². The molecular weight excluding hydrogens is 260 g/mol. The molecule has 2 heterocycles. The van der Waals surface area contributed by atoms with Gasteiger partial charge in [-0.25, -0.2) is 9.97 Å². The van der Waals surface area contributed by atoms with Gasteiger partial charge in [0.25, 0.3) is 0 Å². The number of hydrogen-bond donors (Lipinski definition) is 2. The van der Waals surface area contributed by atoms with Gasteiger partial charge in [-0.05, 0) is 15.9 Å². The number of hydrogen-bond acceptors (Lipinski definition) is 5. The van der Waals surface area contributed by atoms with Crippen LogP contribution in [0.5, 0.6) is 0 Å². The smallest absolute Gasteiger partial charge is 0.150 e. The van der Waals surface area contributed by atoms with E-state index in [1.807, 2.05) is 13.2 Å². The van der Waals surface area contributed by atoms with E-state index in [0.29, 0.717) is 16.1 Å². The molecule has 0 amide bonds. The monoisotopic (exact) mass is 268 g/mol. The summed E-state index contributed by atoms with van der Waals surface area (Å²) in [6.45, 7) is 0. The van der Waals surface area contributed by atoms with Crippen molar-refractivity contribution in [1.29, 1.82) is 0 Å². The lowest BCUT2D eigenvalue weighted by Gasteiger charge is -2.05. The summed E-state index contributed by atoms with van der Waals surface area (Å²) in [5, 5.41) is 7.10. The largest absolute Gasteiger partial charge is 0.383 e. The molecule has 7 heteroatoms. The fourth-order valence-electron chi connectivity index (χ4n) is 1.09. The number of anilines is 3. The summed E-state index contributed by atoms with van der Waals surface area (Å²) in [4.78, 5) is 7.90. The molecule has 0 bridgehead atoms. The van der Waals surface area contributed by atoms with Gasteiger partial charge in [-0.2, -0.15) is 5.10 Å². The van der Waals surface area contributed by atoms with Crippen LogP contribution >= 0.6 is 15.9 Å². The molecule has 0 radical (unpaired) electrons. The van der Waals surface area contributed by atoms with Crippen LogP contribution in [-0.2, 0) is 7.05 Å². The number of nitrogens with two attached hydrogens (primary N) is 1. The lowest BCUT2D eigenvalue weighted by molar-refractivity contribution is 0.768. The lowest BCUT2D eigenvalue weighted by Crippen LogP contribution is -1.99. The number of nitrogen functional groups attached to an aromatic ring is 1. The molecule has 2 aromatic rings. The minimum absolute atomic E-state index is 0.399. The Morgan fingerprint density at radius 1 is 1.47 bits per heavy atom. The van der Waals surface area contributed by atoms with Crippen molar-refractivity contribution in [2.45, 2.75) is 0 Å². The zero-order valence-corrected chi connectivity index (χ0v) is 9.56. The van der Waals surface area contributed by atoms with Crippen LogP contribution in [0.25, 0.3) is 0 Å². The van der Waals surface area contributed by atoms with Crippen molar-refractivity contribution in [2.24, 2.45) is 7.05 Å². The third-order valence-electron chi connectivity index (χ3n) is 1.78. The predicted octanol–water partition coefficient (Wildman–Crippen LogP) is 1.30. The van der Waals surface area contributed by atoms with Crippen LogP contribution in [-0.4, -0.2) is 19.7 Å². The van der Waals surface area contributed by atoms with Crippen molar-refractivity contribution in [2.75, 3.05) is 11.1 Å². The topological polar surface area (TPSA) is 81.7 Å². The first-order valence-corrected chi connectivity index (χ1v) is 4.98. The van der Waals surface area contributed by atoms with E-state index in [1.54, 1.807) is 10.9 Å². The lowest BCUT2D eigenvalue weighted by atomic mass is 10.5. The van der Waals surface area contributed by atoms with E-state index in [9.17, 15) is 0 Å². The molecule has 15 heavy (non-hydrogen) atoms. The Bertz CT molecular complexity index is 480. The van der Waals surface area contributed by atoms with Crippen molar-refractivity contribution < 1.29 is 0 Å². The molecule has 0 aliphatic heterocycles. The fraction of sp³-hybridized carbons (Fsp3) is 0.125. The predicted molar refractivity (Wildman–Crippen MR) is 60.6 cm³/mol. The Labute approximate surface area is 94.7 Å². The molecule has 6 nitrogen and oxygen atoms in total. The first-order valence-electron chi connectivity index (χ1n) is 4.18. The molecule has 78 valence electrons. The number of aryl methyl sites for hydroxylation is 1. The minimum Gasteiger partial charge on any atom is -0.383 e. The van der Waals surface area contributed by atoms with Gasteiger partial charge in [-0.3, -0.25) is 4.68 Å².